The molecule has 0 aromatic heterocycles. The normalized spacial score (nSPS) is 12.0. The predicted octanol–water partition coefficient (Wildman–Crippen LogP) is 6.72. The van der Waals surface area contributed by atoms with Crippen LogP contribution in [0.4, 0.5) is 21.9 Å². The molecule has 0 aliphatic carbocycles. The number of aliphatic imine (C=N–C) groups is 2. The summed E-state index contributed by atoms with van der Waals surface area (Å²) in [5, 5.41) is 17.6. The van der Waals surface area contributed by atoms with Crippen LogP contribution in [-0.4, -0.2) is 34.3 Å². The van der Waals surface area contributed by atoms with E-state index < -0.39 is 16.6 Å². The summed E-state index contributed by atoms with van der Waals surface area (Å²) in [5.41, 5.74) is 1.47. The van der Waals surface area contributed by atoms with Gasteiger partial charge in [0.25, 0.3) is 5.69 Å². The molecule has 33 heavy (non-hydrogen) atoms. The Hall–Kier alpha value is -3.14. The number of nitrogens with zero attached hydrogens (tertiary/aromatic N) is 3. The van der Waals surface area contributed by atoms with Gasteiger partial charge in [-0.15, -0.1) is 0 Å². The Labute approximate surface area is 200 Å². The van der Waals surface area contributed by atoms with Crippen LogP contribution in [0, 0.1) is 17.0 Å². The van der Waals surface area contributed by atoms with Crippen LogP contribution in [0.3, 0.4) is 0 Å². The summed E-state index contributed by atoms with van der Waals surface area (Å²) in [6.45, 7) is 18.5. The van der Waals surface area contributed by atoms with Crippen molar-refractivity contribution in [2.24, 2.45) is 9.98 Å². The van der Waals surface area contributed by atoms with E-state index in [2.05, 4.69) is 27.2 Å². The molecule has 0 unspecified atom stereocenters. The summed E-state index contributed by atoms with van der Waals surface area (Å²) in [6.07, 6.45) is 4.38. The number of nitro groups is 1. The van der Waals surface area contributed by atoms with Gasteiger partial charge in [-0.25, -0.2) is 9.79 Å². The molecular weight excluding hydrogens is 442 g/mol. The zero-order valence-corrected chi connectivity index (χ0v) is 21.7. The maximum absolute atomic E-state index is 12.1. The monoisotopic (exact) mass is 477 g/mol. The van der Waals surface area contributed by atoms with Crippen LogP contribution < -0.4 is 10.6 Å². The second kappa shape index (κ2) is 14.1. The number of carbonyl (C=O) groups excluding carboxylic acids is 1. The van der Waals surface area contributed by atoms with E-state index in [0.29, 0.717) is 22.1 Å². The van der Waals surface area contributed by atoms with Crippen molar-refractivity contribution in [1.29, 1.82) is 0 Å². The molecule has 0 saturated heterocycles. The molecule has 0 bridgehead atoms. The quantitative estimate of drug-likeness (QED) is 0.154. The number of carbonyl (C=O) groups is 1. The summed E-state index contributed by atoms with van der Waals surface area (Å²) >= 11 is 1.33. The average molecular weight is 478 g/mol. The number of nitrogens with one attached hydrogen (secondary N) is 2. The minimum Gasteiger partial charge on any atom is -0.444 e. The molecule has 0 fully saturated rings. The van der Waals surface area contributed by atoms with Crippen LogP contribution in [0.25, 0.3) is 0 Å². The maximum Gasteiger partial charge on any atom is 0.412 e. The molecule has 1 aromatic carbocycles. The molecule has 2 N–H and O–H groups in total. The van der Waals surface area contributed by atoms with Crippen molar-refractivity contribution in [1.82, 2.24) is 5.32 Å². The summed E-state index contributed by atoms with van der Waals surface area (Å²) in [4.78, 5) is 31.6. The highest BCUT2D eigenvalue weighted by molar-refractivity contribution is 8.13. The molecule has 0 aliphatic heterocycles. The Balaban J connectivity index is 0.00000497. The van der Waals surface area contributed by atoms with E-state index in [1.54, 1.807) is 40.1 Å². The molecule has 10 heteroatoms. The van der Waals surface area contributed by atoms with Crippen molar-refractivity contribution in [2.45, 2.75) is 61.0 Å². The van der Waals surface area contributed by atoms with Crippen molar-refractivity contribution in [3.05, 3.63) is 51.9 Å². The van der Waals surface area contributed by atoms with Gasteiger partial charge in [0, 0.05) is 24.2 Å². The highest BCUT2D eigenvalue weighted by Gasteiger charge is 2.22. The van der Waals surface area contributed by atoms with Gasteiger partial charge in [-0.3, -0.25) is 20.4 Å². The first-order valence-corrected chi connectivity index (χ1v) is 11.6. The fourth-order valence-corrected chi connectivity index (χ4v) is 2.61. The Morgan fingerprint density at radius 1 is 1.30 bits per heavy atom. The number of aryl methyl sites for hydroxylation is 1. The lowest BCUT2D eigenvalue weighted by Crippen LogP contribution is -2.27. The molecule has 1 rings (SSSR count). The van der Waals surface area contributed by atoms with Crippen LogP contribution >= 0.6 is 11.8 Å². The van der Waals surface area contributed by atoms with Crippen LogP contribution in [0.1, 0.15) is 54.0 Å². The van der Waals surface area contributed by atoms with E-state index in [-0.39, 0.29) is 11.4 Å². The van der Waals surface area contributed by atoms with E-state index in [1.165, 1.54) is 23.9 Å². The van der Waals surface area contributed by atoms with Gasteiger partial charge in [-0.2, -0.15) is 0 Å². The molecule has 182 valence electrons. The SMILES string of the molecule is C=C(NC(=Nc1cc([N+](=O)[O-])c(NC(=O)OC(C)(C)C)cc1C)SC)/C(C)=C/N=CC.CC. The van der Waals surface area contributed by atoms with Gasteiger partial charge >= 0.3 is 6.09 Å². The van der Waals surface area contributed by atoms with Gasteiger partial charge in [-0.1, -0.05) is 32.2 Å². The first kappa shape index (κ1) is 29.9. The van der Waals surface area contributed by atoms with Gasteiger partial charge in [-0.05, 0) is 65.0 Å². The van der Waals surface area contributed by atoms with Crippen molar-refractivity contribution in [3.63, 3.8) is 0 Å². The Morgan fingerprint density at radius 2 is 1.91 bits per heavy atom. The first-order valence-electron chi connectivity index (χ1n) is 10.4. The van der Waals surface area contributed by atoms with E-state index in [4.69, 9.17) is 4.74 Å². The van der Waals surface area contributed by atoms with Crippen LogP contribution in [0.2, 0.25) is 0 Å². The van der Waals surface area contributed by atoms with Crippen molar-refractivity contribution < 1.29 is 14.5 Å². The third-order valence-corrected chi connectivity index (χ3v) is 4.29. The maximum atomic E-state index is 12.1. The molecule has 0 saturated carbocycles. The molecule has 0 spiro atoms. The Bertz CT molecular complexity index is 947. The number of thioether (sulfide) groups is 1. The minimum absolute atomic E-state index is 0.0370. The number of amides is 1. The summed E-state index contributed by atoms with van der Waals surface area (Å²) in [6, 6.07) is 2.81. The van der Waals surface area contributed by atoms with E-state index in [1.807, 2.05) is 34.0 Å². The number of hydrogen-bond acceptors (Lipinski definition) is 7. The van der Waals surface area contributed by atoms with E-state index >= 15 is 0 Å². The number of anilines is 1. The number of nitro benzene ring substituents is 1. The van der Waals surface area contributed by atoms with Gasteiger partial charge in [0.2, 0.25) is 0 Å². The fraction of sp³-hybridized carbons (Fsp3) is 0.435. The number of benzene rings is 1. The van der Waals surface area contributed by atoms with Gasteiger partial charge in [0.05, 0.1) is 10.6 Å². The van der Waals surface area contributed by atoms with Gasteiger partial charge in [0.1, 0.15) is 11.3 Å². The summed E-state index contributed by atoms with van der Waals surface area (Å²) < 4.78 is 5.18. The molecule has 9 nitrogen and oxygen atoms in total. The average Bonchev–Trinajstić information content (AvgIpc) is 2.72. The molecule has 1 aromatic rings. The Morgan fingerprint density at radius 3 is 2.39 bits per heavy atom. The molecule has 1 amide bonds. The summed E-state index contributed by atoms with van der Waals surface area (Å²) in [7, 11) is 0. The molecule has 0 aliphatic rings. The number of ether oxygens (including phenoxy) is 1. The zero-order valence-electron chi connectivity index (χ0n) is 20.9. The van der Waals surface area contributed by atoms with E-state index in [9.17, 15) is 14.9 Å². The number of hydrogen-bond donors (Lipinski definition) is 2. The second-order valence-corrected chi connectivity index (χ2v) is 8.28. The minimum atomic E-state index is -0.772. The van der Waals surface area contributed by atoms with Crippen molar-refractivity contribution in [2.75, 3.05) is 11.6 Å². The van der Waals surface area contributed by atoms with Crippen LogP contribution in [-0.2, 0) is 4.74 Å². The topological polar surface area (TPSA) is 118 Å². The number of allylic oxidation sites excluding steroid dienone is 1. The number of amidine groups is 1. The van der Waals surface area contributed by atoms with Gasteiger partial charge < -0.3 is 10.1 Å². The highest BCUT2D eigenvalue weighted by Crippen LogP contribution is 2.33. The van der Waals surface area contributed by atoms with Crippen molar-refractivity contribution >= 4 is 46.3 Å². The first-order chi connectivity index (χ1) is 15.4. The third-order valence-electron chi connectivity index (χ3n) is 3.71. The number of rotatable bonds is 6. The lowest BCUT2D eigenvalue weighted by molar-refractivity contribution is -0.383. The molecule has 0 radical (unpaired) electrons. The van der Waals surface area contributed by atoms with Gasteiger partial charge in [0.15, 0.2) is 5.17 Å². The lowest BCUT2D eigenvalue weighted by Gasteiger charge is -2.19. The highest BCUT2D eigenvalue weighted by atomic mass is 32.2. The molecular formula is C23H35N5O4S. The largest absolute Gasteiger partial charge is 0.444 e. The molecule has 0 heterocycles. The lowest BCUT2D eigenvalue weighted by atomic mass is 10.1. The van der Waals surface area contributed by atoms with Crippen LogP contribution in [0.5, 0.6) is 0 Å². The van der Waals surface area contributed by atoms with E-state index in [0.717, 1.165) is 5.57 Å². The smallest absolute Gasteiger partial charge is 0.412 e. The fourth-order valence-electron chi connectivity index (χ4n) is 2.20. The molecule has 0 atom stereocenters. The standard InChI is InChI=1S/C21H29N5O4S.C2H6/c1-9-22-12-14(3)15(4)23-19(31-8)24-16-11-18(26(28)29)17(10-13(16)2)25-20(27)30-21(5,6)7;1-2/h9-12H,4H2,1-3,5-8H3,(H,23,24)(H,25,27);1-2H3/b14-12+,22-9?;. The predicted molar refractivity (Wildman–Crippen MR) is 140 cm³/mol. The Kier molecular flexibility index (Phi) is 12.8. The van der Waals surface area contributed by atoms with Crippen LogP contribution in [0.15, 0.2) is 46.2 Å². The summed E-state index contributed by atoms with van der Waals surface area (Å²) in [5.74, 6) is 0. The zero-order chi connectivity index (χ0) is 25.8. The second-order valence-electron chi connectivity index (χ2n) is 7.48. The van der Waals surface area contributed by atoms with Crippen molar-refractivity contribution in [3.8, 4) is 0 Å². The third kappa shape index (κ3) is 10.8.